The predicted octanol–water partition coefficient (Wildman–Crippen LogP) is 3.17. The maximum Gasteiger partial charge on any atom is 0.125 e. The molecule has 0 aromatic heterocycles. The van der Waals surface area contributed by atoms with Crippen molar-refractivity contribution in [3.05, 3.63) is 42.2 Å². The fourth-order valence-electron chi connectivity index (χ4n) is 1.68. The van der Waals surface area contributed by atoms with Gasteiger partial charge in [-0.25, -0.2) is 4.39 Å². The van der Waals surface area contributed by atoms with E-state index in [1.54, 1.807) is 38.5 Å². The van der Waals surface area contributed by atoms with Crippen LogP contribution in [-0.4, -0.2) is 14.2 Å². The third kappa shape index (κ3) is 3.07. The second-order valence-electron chi connectivity index (χ2n) is 3.96. The Morgan fingerprint density at radius 1 is 1.00 bits per heavy atom. The fourth-order valence-corrected chi connectivity index (χ4v) is 1.68. The molecule has 3 N–H and O–H groups in total. The van der Waals surface area contributed by atoms with Crippen LogP contribution in [0.1, 0.15) is 0 Å². The largest absolute Gasteiger partial charge is 0.497 e. The van der Waals surface area contributed by atoms with E-state index in [2.05, 4.69) is 5.32 Å². The second-order valence-corrected chi connectivity index (χ2v) is 3.96. The Labute approximate surface area is 111 Å². The number of benzene rings is 2. The predicted molar refractivity (Wildman–Crippen MR) is 73.6 cm³/mol. The van der Waals surface area contributed by atoms with Crippen molar-refractivity contribution in [3.63, 3.8) is 0 Å². The van der Waals surface area contributed by atoms with Gasteiger partial charge >= 0.3 is 0 Å². The Morgan fingerprint density at radius 3 is 2.16 bits per heavy atom. The molecule has 2 aromatic carbocycles. The molecule has 0 aliphatic rings. The lowest BCUT2D eigenvalue weighted by Gasteiger charge is -2.12. The van der Waals surface area contributed by atoms with Crippen molar-refractivity contribution in [2.45, 2.75) is 0 Å². The van der Waals surface area contributed by atoms with Crippen LogP contribution in [0.25, 0.3) is 0 Å². The first-order valence-corrected chi connectivity index (χ1v) is 5.67. The first-order chi connectivity index (χ1) is 9.12. The number of rotatable bonds is 4. The summed E-state index contributed by atoms with van der Waals surface area (Å²) < 4.78 is 23.3. The number of ether oxygens (including phenoxy) is 2. The first-order valence-electron chi connectivity index (χ1n) is 5.67. The molecule has 0 radical (unpaired) electrons. The van der Waals surface area contributed by atoms with Gasteiger partial charge in [0.05, 0.1) is 25.6 Å². The zero-order valence-electron chi connectivity index (χ0n) is 10.7. The molecule has 0 fully saturated rings. The van der Waals surface area contributed by atoms with Crippen molar-refractivity contribution in [1.82, 2.24) is 0 Å². The maximum atomic E-state index is 13.0. The molecule has 0 aliphatic heterocycles. The van der Waals surface area contributed by atoms with Gasteiger partial charge in [-0.1, -0.05) is 0 Å². The van der Waals surface area contributed by atoms with E-state index in [-0.39, 0.29) is 5.82 Å². The third-order valence-electron chi connectivity index (χ3n) is 2.64. The molecule has 2 aromatic rings. The number of nitrogen functional groups attached to an aromatic ring is 1. The summed E-state index contributed by atoms with van der Waals surface area (Å²) in [6.07, 6.45) is 0. The summed E-state index contributed by atoms with van der Waals surface area (Å²) in [4.78, 5) is 0. The summed E-state index contributed by atoms with van der Waals surface area (Å²) in [5, 5.41) is 3.10. The summed E-state index contributed by atoms with van der Waals surface area (Å²) in [7, 11) is 3.15. The highest BCUT2D eigenvalue weighted by Crippen LogP contribution is 2.30. The van der Waals surface area contributed by atoms with Gasteiger partial charge in [-0.3, -0.25) is 0 Å². The van der Waals surface area contributed by atoms with E-state index < -0.39 is 0 Å². The van der Waals surface area contributed by atoms with Crippen LogP contribution in [0.4, 0.5) is 21.5 Å². The van der Waals surface area contributed by atoms with Crippen molar-refractivity contribution >= 4 is 17.1 Å². The Bertz CT molecular complexity index is 565. The second kappa shape index (κ2) is 5.48. The first kappa shape index (κ1) is 13.0. The minimum atomic E-state index is -0.369. The molecule has 2 rings (SSSR count). The highest BCUT2D eigenvalue weighted by molar-refractivity contribution is 5.73. The zero-order chi connectivity index (χ0) is 13.8. The lowest BCUT2D eigenvalue weighted by molar-refractivity contribution is 0.395. The topological polar surface area (TPSA) is 56.5 Å². The summed E-state index contributed by atoms with van der Waals surface area (Å²) in [6.45, 7) is 0. The number of nitrogens with two attached hydrogens (primary N) is 1. The SMILES string of the molecule is COc1cc(Nc2ccc(F)cc2N)cc(OC)c1. The number of anilines is 3. The molecule has 0 spiro atoms. The Balaban J connectivity index is 2.31. The highest BCUT2D eigenvalue weighted by atomic mass is 19.1. The fraction of sp³-hybridized carbons (Fsp3) is 0.143. The minimum absolute atomic E-state index is 0.335. The minimum Gasteiger partial charge on any atom is -0.497 e. The van der Waals surface area contributed by atoms with Crippen molar-refractivity contribution in [2.24, 2.45) is 0 Å². The monoisotopic (exact) mass is 262 g/mol. The van der Waals surface area contributed by atoms with Crippen LogP contribution < -0.4 is 20.5 Å². The van der Waals surface area contributed by atoms with Crippen LogP contribution in [0.3, 0.4) is 0 Å². The van der Waals surface area contributed by atoms with Gasteiger partial charge in [-0.15, -0.1) is 0 Å². The number of halogens is 1. The Hall–Kier alpha value is -2.43. The molecule has 19 heavy (non-hydrogen) atoms. The van der Waals surface area contributed by atoms with Gasteiger partial charge in [0.15, 0.2) is 0 Å². The summed E-state index contributed by atoms with van der Waals surface area (Å²) in [5.74, 6) is 0.941. The summed E-state index contributed by atoms with van der Waals surface area (Å²) in [6, 6.07) is 9.54. The number of hydrogen-bond donors (Lipinski definition) is 2. The van der Waals surface area contributed by atoms with Gasteiger partial charge in [-0.05, 0) is 18.2 Å². The van der Waals surface area contributed by atoms with Crippen LogP contribution in [0.15, 0.2) is 36.4 Å². The van der Waals surface area contributed by atoms with Gasteiger partial charge < -0.3 is 20.5 Å². The molecule has 0 unspecified atom stereocenters. The van der Waals surface area contributed by atoms with Crippen LogP contribution in [0.5, 0.6) is 11.5 Å². The molecule has 100 valence electrons. The van der Waals surface area contributed by atoms with Crippen LogP contribution in [-0.2, 0) is 0 Å². The average Bonchev–Trinajstić information content (AvgIpc) is 2.41. The molecule has 0 saturated heterocycles. The average molecular weight is 262 g/mol. The molecular weight excluding hydrogens is 247 g/mol. The Morgan fingerprint density at radius 2 is 1.63 bits per heavy atom. The smallest absolute Gasteiger partial charge is 0.125 e. The lowest BCUT2D eigenvalue weighted by Crippen LogP contribution is -1.98. The van der Waals surface area contributed by atoms with E-state index >= 15 is 0 Å². The van der Waals surface area contributed by atoms with E-state index in [0.29, 0.717) is 22.9 Å². The van der Waals surface area contributed by atoms with E-state index in [4.69, 9.17) is 15.2 Å². The number of hydrogen-bond acceptors (Lipinski definition) is 4. The molecular formula is C14H15FN2O2. The van der Waals surface area contributed by atoms with Gasteiger partial charge in [0.2, 0.25) is 0 Å². The molecule has 0 aliphatic carbocycles. The van der Waals surface area contributed by atoms with E-state index in [9.17, 15) is 4.39 Å². The molecule has 0 amide bonds. The standard InChI is InChI=1S/C14H15FN2O2/c1-18-11-6-10(7-12(8-11)19-2)17-14-4-3-9(15)5-13(14)16/h3-8,17H,16H2,1-2H3. The zero-order valence-corrected chi connectivity index (χ0v) is 10.7. The Kier molecular flexibility index (Phi) is 3.75. The molecule has 0 atom stereocenters. The number of methoxy groups -OCH3 is 2. The van der Waals surface area contributed by atoms with E-state index in [1.165, 1.54) is 12.1 Å². The van der Waals surface area contributed by atoms with E-state index in [1.807, 2.05) is 0 Å². The lowest BCUT2D eigenvalue weighted by atomic mass is 10.2. The van der Waals surface area contributed by atoms with Crippen molar-refractivity contribution < 1.29 is 13.9 Å². The quantitative estimate of drug-likeness (QED) is 0.831. The summed E-state index contributed by atoms with van der Waals surface area (Å²) in [5.41, 5.74) is 7.45. The van der Waals surface area contributed by atoms with Gasteiger partial charge in [-0.2, -0.15) is 0 Å². The third-order valence-corrected chi connectivity index (χ3v) is 2.64. The molecule has 0 saturated carbocycles. The molecule has 4 nitrogen and oxygen atoms in total. The normalized spacial score (nSPS) is 10.1. The van der Waals surface area contributed by atoms with E-state index in [0.717, 1.165) is 5.69 Å². The van der Waals surface area contributed by atoms with Crippen molar-refractivity contribution in [1.29, 1.82) is 0 Å². The molecule has 0 bridgehead atoms. The maximum absolute atomic E-state index is 13.0. The van der Waals surface area contributed by atoms with Crippen LogP contribution in [0.2, 0.25) is 0 Å². The van der Waals surface area contributed by atoms with Crippen LogP contribution >= 0.6 is 0 Å². The van der Waals surface area contributed by atoms with Crippen LogP contribution in [0, 0.1) is 5.82 Å². The number of nitrogens with one attached hydrogen (secondary N) is 1. The van der Waals surface area contributed by atoms with Gasteiger partial charge in [0, 0.05) is 23.9 Å². The highest BCUT2D eigenvalue weighted by Gasteiger charge is 2.05. The van der Waals surface area contributed by atoms with Gasteiger partial charge in [0.25, 0.3) is 0 Å². The molecule has 5 heteroatoms. The summed E-state index contributed by atoms with van der Waals surface area (Å²) >= 11 is 0. The van der Waals surface area contributed by atoms with Crippen molar-refractivity contribution in [2.75, 3.05) is 25.3 Å². The van der Waals surface area contributed by atoms with Gasteiger partial charge in [0.1, 0.15) is 17.3 Å². The molecule has 0 heterocycles. The van der Waals surface area contributed by atoms with Crippen molar-refractivity contribution in [3.8, 4) is 11.5 Å².